The summed E-state index contributed by atoms with van der Waals surface area (Å²) in [7, 11) is 0. The van der Waals surface area contributed by atoms with Crippen LogP contribution in [0.2, 0.25) is 0 Å². The third-order valence-corrected chi connectivity index (χ3v) is 5.61. The van der Waals surface area contributed by atoms with E-state index >= 15 is 0 Å². The van der Waals surface area contributed by atoms with E-state index in [1.807, 2.05) is 0 Å². The van der Waals surface area contributed by atoms with Gasteiger partial charge in [0, 0.05) is 5.92 Å². The first-order valence-corrected chi connectivity index (χ1v) is 10.1. The second-order valence-electron chi connectivity index (χ2n) is 7.85. The summed E-state index contributed by atoms with van der Waals surface area (Å²) in [6.45, 7) is 0. The zero-order valence-electron chi connectivity index (χ0n) is 16.5. The standard InChI is InChI=1S/C23H25F4NO2/c24-19-11-9-16(10-12-19)21(29)20(28-22(30)17-6-2-1-3-7-17)14-15-5-4-8-18(13-15)23(25,26)27/h4-5,8-13,17,20-21,29H,1-3,6-7,14H2,(H,28,30). The summed E-state index contributed by atoms with van der Waals surface area (Å²) in [4.78, 5) is 12.8. The van der Waals surface area contributed by atoms with Crippen LogP contribution in [0, 0.1) is 11.7 Å². The maximum Gasteiger partial charge on any atom is 0.416 e. The lowest BCUT2D eigenvalue weighted by Crippen LogP contribution is -2.44. The summed E-state index contributed by atoms with van der Waals surface area (Å²) < 4.78 is 52.4. The van der Waals surface area contributed by atoms with Gasteiger partial charge in [0.1, 0.15) is 5.82 Å². The minimum atomic E-state index is -4.48. The Bertz CT molecular complexity index is 845. The van der Waals surface area contributed by atoms with Gasteiger partial charge in [-0.05, 0) is 48.6 Å². The highest BCUT2D eigenvalue weighted by Crippen LogP contribution is 2.31. The van der Waals surface area contributed by atoms with Crippen molar-refractivity contribution >= 4 is 5.91 Å². The molecule has 0 bridgehead atoms. The third-order valence-electron chi connectivity index (χ3n) is 5.61. The molecule has 0 heterocycles. The van der Waals surface area contributed by atoms with E-state index in [2.05, 4.69) is 5.32 Å². The molecule has 1 aliphatic carbocycles. The molecule has 2 aromatic rings. The molecule has 2 aromatic carbocycles. The number of nitrogens with one attached hydrogen (secondary N) is 1. The van der Waals surface area contributed by atoms with Gasteiger partial charge in [-0.2, -0.15) is 13.2 Å². The summed E-state index contributed by atoms with van der Waals surface area (Å²) in [6, 6.07) is 9.22. The molecule has 2 atom stereocenters. The van der Waals surface area contributed by atoms with E-state index in [-0.39, 0.29) is 18.2 Å². The van der Waals surface area contributed by atoms with Crippen molar-refractivity contribution in [3.63, 3.8) is 0 Å². The number of hydrogen-bond acceptors (Lipinski definition) is 2. The van der Waals surface area contributed by atoms with Gasteiger partial charge in [0.15, 0.2) is 0 Å². The summed E-state index contributed by atoms with van der Waals surface area (Å²) >= 11 is 0. The van der Waals surface area contributed by atoms with Crippen molar-refractivity contribution in [2.45, 2.75) is 56.8 Å². The van der Waals surface area contributed by atoms with Gasteiger partial charge in [0.05, 0.1) is 17.7 Å². The van der Waals surface area contributed by atoms with Gasteiger partial charge in [-0.25, -0.2) is 4.39 Å². The Morgan fingerprint density at radius 1 is 1.07 bits per heavy atom. The number of aliphatic hydroxyl groups excluding tert-OH is 1. The van der Waals surface area contributed by atoms with Crippen LogP contribution in [0.3, 0.4) is 0 Å². The number of hydrogen-bond donors (Lipinski definition) is 2. The third kappa shape index (κ3) is 5.81. The molecule has 0 saturated heterocycles. The quantitative estimate of drug-likeness (QED) is 0.629. The number of benzene rings is 2. The molecule has 1 aliphatic rings. The predicted molar refractivity (Wildman–Crippen MR) is 105 cm³/mol. The highest BCUT2D eigenvalue weighted by Gasteiger charge is 2.32. The molecule has 7 heteroatoms. The van der Waals surface area contributed by atoms with E-state index in [1.54, 1.807) is 0 Å². The maximum absolute atomic E-state index is 13.2. The molecule has 0 aliphatic heterocycles. The summed E-state index contributed by atoms with van der Waals surface area (Å²) in [6.07, 6.45) is -1.15. The van der Waals surface area contributed by atoms with Crippen molar-refractivity contribution in [2.75, 3.05) is 0 Å². The van der Waals surface area contributed by atoms with Gasteiger partial charge in [-0.1, -0.05) is 49.6 Å². The number of aliphatic hydroxyl groups is 1. The second kappa shape index (κ2) is 9.60. The SMILES string of the molecule is O=C(NC(Cc1cccc(C(F)(F)F)c1)C(O)c1ccc(F)cc1)C1CCCCC1. The molecule has 0 radical (unpaired) electrons. The summed E-state index contributed by atoms with van der Waals surface area (Å²) in [5, 5.41) is 13.7. The van der Waals surface area contributed by atoms with Crippen LogP contribution >= 0.6 is 0 Å². The fourth-order valence-electron chi connectivity index (χ4n) is 3.93. The van der Waals surface area contributed by atoms with Gasteiger partial charge in [0.25, 0.3) is 0 Å². The Kier molecular flexibility index (Phi) is 7.13. The molecule has 1 saturated carbocycles. The topological polar surface area (TPSA) is 49.3 Å². The molecule has 0 aromatic heterocycles. The van der Waals surface area contributed by atoms with Gasteiger partial charge in [-0.15, -0.1) is 0 Å². The minimum Gasteiger partial charge on any atom is -0.386 e. The van der Waals surface area contributed by atoms with Gasteiger partial charge in [0.2, 0.25) is 5.91 Å². The van der Waals surface area contributed by atoms with Crippen molar-refractivity contribution in [1.29, 1.82) is 0 Å². The minimum absolute atomic E-state index is 0.0148. The molecule has 0 spiro atoms. The van der Waals surface area contributed by atoms with E-state index < -0.39 is 29.7 Å². The average Bonchev–Trinajstić information content (AvgIpc) is 2.73. The molecule has 3 rings (SSSR count). The lowest BCUT2D eigenvalue weighted by molar-refractivity contribution is -0.137. The zero-order chi connectivity index (χ0) is 21.7. The van der Waals surface area contributed by atoms with E-state index in [0.717, 1.165) is 44.2 Å². The molecule has 2 N–H and O–H groups in total. The number of rotatable bonds is 6. The summed E-state index contributed by atoms with van der Waals surface area (Å²) in [5.74, 6) is -0.831. The van der Waals surface area contributed by atoms with E-state index in [4.69, 9.17) is 0 Å². The van der Waals surface area contributed by atoms with Crippen molar-refractivity contribution in [3.8, 4) is 0 Å². The monoisotopic (exact) mass is 423 g/mol. The lowest BCUT2D eigenvalue weighted by Gasteiger charge is -2.28. The number of halogens is 4. The molecule has 162 valence electrons. The van der Waals surface area contributed by atoms with Crippen LogP contribution in [0.25, 0.3) is 0 Å². The Morgan fingerprint density at radius 2 is 1.73 bits per heavy atom. The molecule has 1 amide bonds. The Balaban J connectivity index is 1.83. The number of amides is 1. The van der Waals surface area contributed by atoms with Crippen LogP contribution in [0.1, 0.15) is 54.9 Å². The van der Waals surface area contributed by atoms with Crippen molar-refractivity contribution in [1.82, 2.24) is 5.32 Å². The lowest BCUT2D eigenvalue weighted by atomic mass is 9.87. The largest absolute Gasteiger partial charge is 0.416 e. The van der Waals surface area contributed by atoms with Gasteiger partial charge in [-0.3, -0.25) is 4.79 Å². The van der Waals surface area contributed by atoms with E-state index in [1.165, 1.54) is 36.4 Å². The van der Waals surface area contributed by atoms with Crippen LogP contribution < -0.4 is 5.32 Å². The van der Waals surface area contributed by atoms with E-state index in [9.17, 15) is 27.5 Å². The number of carbonyl (C=O) groups excluding carboxylic acids is 1. The fraction of sp³-hybridized carbons (Fsp3) is 0.435. The normalized spacial score (nSPS) is 17.4. The molecular weight excluding hydrogens is 398 g/mol. The molecule has 30 heavy (non-hydrogen) atoms. The predicted octanol–water partition coefficient (Wildman–Crippen LogP) is 5.19. The first-order valence-electron chi connectivity index (χ1n) is 10.1. The molecule has 2 unspecified atom stereocenters. The number of carbonyl (C=O) groups is 1. The Labute approximate surface area is 173 Å². The highest BCUT2D eigenvalue weighted by atomic mass is 19.4. The number of alkyl halides is 3. The van der Waals surface area contributed by atoms with Crippen LogP contribution in [0.15, 0.2) is 48.5 Å². The maximum atomic E-state index is 13.2. The first-order chi connectivity index (χ1) is 14.2. The molecular formula is C23H25F4NO2. The average molecular weight is 423 g/mol. The Morgan fingerprint density at radius 3 is 2.37 bits per heavy atom. The smallest absolute Gasteiger partial charge is 0.386 e. The van der Waals surface area contributed by atoms with Crippen LogP contribution in [0.5, 0.6) is 0 Å². The zero-order valence-corrected chi connectivity index (χ0v) is 16.5. The van der Waals surface area contributed by atoms with Crippen LogP contribution in [0.4, 0.5) is 17.6 Å². The summed E-state index contributed by atoms with van der Waals surface area (Å²) in [5.41, 5.74) is -0.0501. The van der Waals surface area contributed by atoms with Crippen molar-refractivity contribution < 1.29 is 27.5 Å². The second-order valence-corrected chi connectivity index (χ2v) is 7.85. The van der Waals surface area contributed by atoms with Gasteiger partial charge < -0.3 is 10.4 Å². The first kappa shape index (κ1) is 22.3. The van der Waals surface area contributed by atoms with E-state index in [0.29, 0.717) is 11.1 Å². The van der Waals surface area contributed by atoms with Crippen LogP contribution in [-0.4, -0.2) is 17.1 Å². The molecule has 3 nitrogen and oxygen atoms in total. The van der Waals surface area contributed by atoms with Crippen molar-refractivity contribution in [2.24, 2.45) is 5.92 Å². The highest BCUT2D eigenvalue weighted by molar-refractivity contribution is 5.79. The molecule has 1 fully saturated rings. The van der Waals surface area contributed by atoms with Crippen LogP contribution in [-0.2, 0) is 17.4 Å². The fourth-order valence-corrected chi connectivity index (χ4v) is 3.93. The Hall–Kier alpha value is -2.41. The van der Waals surface area contributed by atoms with Crippen molar-refractivity contribution in [3.05, 3.63) is 71.0 Å². The van der Waals surface area contributed by atoms with Gasteiger partial charge >= 0.3 is 6.18 Å².